The first-order valence-corrected chi connectivity index (χ1v) is 5.83. The SMILES string of the molecule is N=c1c2c(Cl)cc(Cl)cc2nc2ccc(F)cn12. The molecule has 1 aromatic carbocycles. The second kappa shape index (κ2) is 3.93. The van der Waals surface area contributed by atoms with Crippen molar-refractivity contribution in [2.45, 2.75) is 0 Å². The molecule has 3 aromatic rings. The van der Waals surface area contributed by atoms with Gasteiger partial charge in [0, 0.05) is 11.2 Å². The fourth-order valence-corrected chi connectivity index (χ4v) is 2.44. The van der Waals surface area contributed by atoms with E-state index in [4.69, 9.17) is 28.6 Å². The zero-order valence-corrected chi connectivity index (χ0v) is 10.4. The fourth-order valence-electron chi connectivity index (χ4n) is 1.86. The van der Waals surface area contributed by atoms with E-state index in [0.29, 0.717) is 26.6 Å². The summed E-state index contributed by atoms with van der Waals surface area (Å²) in [5.74, 6) is -0.438. The van der Waals surface area contributed by atoms with Gasteiger partial charge >= 0.3 is 0 Å². The van der Waals surface area contributed by atoms with E-state index in [0.717, 1.165) is 0 Å². The number of nitrogens with one attached hydrogen (secondary N) is 1. The van der Waals surface area contributed by atoms with Crippen LogP contribution < -0.4 is 5.49 Å². The van der Waals surface area contributed by atoms with Crippen molar-refractivity contribution in [1.29, 1.82) is 5.41 Å². The Morgan fingerprint density at radius 2 is 2.00 bits per heavy atom. The smallest absolute Gasteiger partial charge is 0.141 e. The molecule has 6 heteroatoms. The van der Waals surface area contributed by atoms with Crippen molar-refractivity contribution in [3.8, 4) is 0 Å². The maximum absolute atomic E-state index is 13.2. The molecule has 0 aliphatic rings. The van der Waals surface area contributed by atoms with Crippen molar-refractivity contribution in [2.75, 3.05) is 0 Å². The Bertz CT molecular complexity index is 842. The third-order valence-electron chi connectivity index (χ3n) is 2.64. The van der Waals surface area contributed by atoms with Crippen LogP contribution in [0, 0.1) is 11.2 Å². The lowest BCUT2D eigenvalue weighted by molar-refractivity contribution is 0.617. The molecule has 3 nitrogen and oxygen atoms in total. The Morgan fingerprint density at radius 1 is 1.22 bits per heavy atom. The topological polar surface area (TPSA) is 41.2 Å². The molecule has 0 saturated heterocycles. The first kappa shape index (κ1) is 11.4. The molecule has 1 N–H and O–H groups in total. The summed E-state index contributed by atoms with van der Waals surface area (Å²) in [6.07, 6.45) is 1.20. The second-order valence-electron chi connectivity index (χ2n) is 3.82. The first-order chi connectivity index (χ1) is 8.56. The van der Waals surface area contributed by atoms with Gasteiger partial charge in [-0.15, -0.1) is 0 Å². The quantitative estimate of drug-likeness (QED) is 0.631. The van der Waals surface area contributed by atoms with Crippen LogP contribution in [0.4, 0.5) is 4.39 Å². The average molecular weight is 282 g/mol. The first-order valence-electron chi connectivity index (χ1n) is 5.07. The van der Waals surface area contributed by atoms with Crippen molar-refractivity contribution in [1.82, 2.24) is 9.38 Å². The maximum Gasteiger partial charge on any atom is 0.141 e. The van der Waals surface area contributed by atoms with Gasteiger partial charge in [0.1, 0.15) is 17.0 Å². The van der Waals surface area contributed by atoms with E-state index < -0.39 is 5.82 Å². The summed E-state index contributed by atoms with van der Waals surface area (Å²) in [6.45, 7) is 0. The highest BCUT2D eigenvalue weighted by Crippen LogP contribution is 2.24. The minimum Gasteiger partial charge on any atom is -0.283 e. The van der Waals surface area contributed by atoms with Gasteiger partial charge in [0.15, 0.2) is 0 Å². The largest absolute Gasteiger partial charge is 0.283 e. The molecule has 0 radical (unpaired) electrons. The van der Waals surface area contributed by atoms with E-state index in [-0.39, 0.29) is 5.49 Å². The Hall–Kier alpha value is -1.65. The Balaban J connectivity index is 2.61. The van der Waals surface area contributed by atoms with Crippen LogP contribution in [0.1, 0.15) is 0 Å². The van der Waals surface area contributed by atoms with E-state index >= 15 is 0 Å². The van der Waals surface area contributed by atoms with E-state index in [1.165, 1.54) is 28.8 Å². The summed E-state index contributed by atoms with van der Waals surface area (Å²) in [6, 6.07) is 5.96. The van der Waals surface area contributed by atoms with Crippen LogP contribution in [0.3, 0.4) is 0 Å². The third-order valence-corrected chi connectivity index (χ3v) is 3.15. The summed E-state index contributed by atoms with van der Waals surface area (Å²) in [5, 5.41) is 9.29. The molecule has 0 fully saturated rings. The van der Waals surface area contributed by atoms with Crippen molar-refractivity contribution in [2.24, 2.45) is 0 Å². The lowest BCUT2D eigenvalue weighted by atomic mass is 10.2. The third kappa shape index (κ3) is 1.65. The molecule has 0 saturated carbocycles. The Morgan fingerprint density at radius 3 is 2.78 bits per heavy atom. The van der Waals surface area contributed by atoms with Crippen molar-refractivity contribution < 1.29 is 4.39 Å². The number of halogens is 3. The predicted molar refractivity (Wildman–Crippen MR) is 68.5 cm³/mol. The number of nitrogens with zero attached hydrogens (tertiary/aromatic N) is 2. The molecule has 0 aliphatic carbocycles. The molecule has 18 heavy (non-hydrogen) atoms. The van der Waals surface area contributed by atoms with E-state index in [2.05, 4.69) is 4.98 Å². The monoisotopic (exact) mass is 281 g/mol. The average Bonchev–Trinajstić information content (AvgIpc) is 2.29. The molecule has 0 amide bonds. The molecule has 2 heterocycles. The number of aromatic nitrogens is 2. The van der Waals surface area contributed by atoms with Crippen LogP contribution >= 0.6 is 23.2 Å². The van der Waals surface area contributed by atoms with E-state index in [1.807, 2.05) is 0 Å². The highest BCUT2D eigenvalue weighted by atomic mass is 35.5. The van der Waals surface area contributed by atoms with Gasteiger partial charge in [0.2, 0.25) is 0 Å². The zero-order chi connectivity index (χ0) is 12.9. The molecule has 0 aliphatic heterocycles. The van der Waals surface area contributed by atoms with Gasteiger partial charge in [0.25, 0.3) is 0 Å². The van der Waals surface area contributed by atoms with Crippen molar-refractivity contribution in [3.05, 3.63) is 51.8 Å². The van der Waals surface area contributed by atoms with Gasteiger partial charge in [-0.2, -0.15) is 0 Å². The van der Waals surface area contributed by atoms with E-state index in [9.17, 15) is 4.39 Å². The lowest BCUT2D eigenvalue weighted by Crippen LogP contribution is -2.16. The maximum atomic E-state index is 13.2. The molecule has 0 unspecified atom stereocenters. The number of hydrogen-bond acceptors (Lipinski definition) is 2. The molecular formula is C12H6Cl2FN3. The van der Waals surface area contributed by atoms with Gasteiger partial charge in [-0.25, -0.2) is 9.37 Å². The molecule has 3 rings (SSSR count). The van der Waals surface area contributed by atoms with Gasteiger partial charge in [0.05, 0.1) is 15.9 Å². The van der Waals surface area contributed by atoms with E-state index in [1.54, 1.807) is 6.07 Å². The van der Waals surface area contributed by atoms with Gasteiger partial charge < -0.3 is 0 Å². The molecule has 2 aromatic heterocycles. The Kier molecular flexibility index (Phi) is 2.50. The van der Waals surface area contributed by atoms with Gasteiger partial charge in [-0.05, 0) is 24.3 Å². The van der Waals surface area contributed by atoms with Gasteiger partial charge in [-0.3, -0.25) is 9.81 Å². The van der Waals surface area contributed by atoms with Crippen LogP contribution in [0.2, 0.25) is 10.0 Å². The van der Waals surface area contributed by atoms with Crippen LogP contribution in [0.5, 0.6) is 0 Å². The number of pyridine rings is 1. The molecule has 0 spiro atoms. The van der Waals surface area contributed by atoms with Crippen LogP contribution in [0.25, 0.3) is 16.6 Å². The molecule has 90 valence electrons. The summed E-state index contributed by atoms with van der Waals surface area (Å²) in [5.41, 5.74) is 1.06. The zero-order valence-electron chi connectivity index (χ0n) is 8.92. The summed E-state index contributed by atoms with van der Waals surface area (Å²) >= 11 is 12.0. The highest BCUT2D eigenvalue weighted by molar-refractivity contribution is 6.38. The molecule has 0 bridgehead atoms. The Labute approximate surface area is 111 Å². The standard InChI is InChI=1S/C12H6Cl2FN3/c13-6-3-8(14)11-9(4-6)17-10-2-1-7(15)5-18(10)12(11)16/h1-5,16H. The fraction of sp³-hybridized carbons (Fsp3) is 0. The number of rotatable bonds is 0. The lowest BCUT2D eigenvalue weighted by Gasteiger charge is -2.06. The summed E-state index contributed by atoms with van der Waals surface area (Å²) in [4.78, 5) is 4.31. The van der Waals surface area contributed by atoms with Gasteiger partial charge in [-0.1, -0.05) is 23.2 Å². The van der Waals surface area contributed by atoms with Crippen LogP contribution in [-0.4, -0.2) is 9.38 Å². The van der Waals surface area contributed by atoms with Crippen molar-refractivity contribution in [3.63, 3.8) is 0 Å². The predicted octanol–water partition coefficient (Wildman–Crippen LogP) is 3.41. The summed E-state index contributed by atoms with van der Waals surface area (Å²) < 4.78 is 14.5. The van der Waals surface area contributed by atoms with Crippen LogP contribution in [-0.2, 0) is 0 Å². The van der Waals surface area contributed by atoms with Crippen molar-refractivity contribution >= 4 is 39.8 Å². The minimum atomic E-state index is -0.438. The summed E-state index contributed by atoms with van der Waals surface area (Å²) in [7, 11) is 0. The minimum absolute atomic E-state index is 0.0798. The number of hydrogen-bond donors (Lipinski definition) is 1. The number of benzene rings is 1. The number of fused-ring (bicyclic) bond motifs is 2. The highest BCUT2D eigenvalue weighted by Gasteiger charge is 2.08. The molecular weight excluding hydrogens is 276 g/mol. The second-order valence-corrected chi connectivity index (χ2v) is 4.66. The normalized spacial score (nSPS) is 11.3. The molecule has 0 atom stereocenters. The van der Waals surface area contributed by atoms with Crippen LogP contribution in [0.15, 0.2) is 30.5 Å².